The molecule has 154 valence electrons. The normalized spacial score (nSPS) is 17.6. The lowest BCUT2D eigenvalue weighted by molar-refractivity contribution is 0.357. The minimum atomic E-state index is 0.300. The zero-order valence-corrected chi connectivity index (χ0v) is 19.9. The zero-order chi connectivity index (χ0) is 21.5. The molecule has 0 fully saturated rings. The van der Waals surface area contributed by atoms with Crippen molar-refractivity contribution in [3.8, 4) is 0 Å². The van der Waals surface area contributed by atoms with Crippen molar-refractivity contribution in [2.45, 2.75) is 75.4 Å². The molecule has 1 aromatic heterocycles. The van der Waals surface area contributed by atoms with Crippen molar-refractivity contribution in [2.75, 3.05) is 11.9 Å². The van der Waals surface area contributed by atoms with Crippen molar-refractivity contribution in [3.05, 3.63) is 50.3 Å². The number of hydrogen-bond donors (Lipinski definition) is 0. The number of anilines is 1. The predicted octanol–water partition coefficient (Wildman–Crippen LogP) is 7.09. The van der Waals surface area contributed by atoms with Crippen molar-refractivity contribution in [2.24, 2.45) is 0 Å². The summed E-state index contributed by atoms with van der Waals surface area (Å²) in [6, 6.07) is 0. The van der Waals surface area contributed by atoms with Crippen LogP contribution in [0.15, 0.2) is 15.8 Å². The van der Waals surface area contributed by atoms with Gasteiger partial charge in [0.2, 0.25) is 0 Å². The molecule has 1 atom stereocenters. The molecule has 0 bridgehead atoms. The van der Waals surface area contributed by atoms with Crippen molar-refractivity contribution in [1.82, 2.24) is 4.90 Å². The maximum absolute atomic E-state index is 6.56. The minimum Gasteiger partial charge on any atom is -0.455 e. The fourth-order valence-corrected chi connectivity index (χ4v) is 5.22. The topological polar surface area (TPSA) is 19.6 Å². The summed E-state index contributed by atoms with van der Waals surface area (Å²) in [5, 5.41) is 2.58. The highest BCUT2D eigenvalue weighted by atomic mass is 16.3. The molecule has 0 aliphatic carbocycles. The van der Waals surface area contributed by atoms with Crippen LogP contribution in [0.4, 0.5) is 5.69 Å². The van der Waals surface area contributed by atoms with E-state index in [1.165, 1.54) is 66.8 Å². The maximum Gasteiger partial charge on any atom is 0.139 e. The van der Waals surface area contributed by atoms with Gasteiger partial charge >= 0.3 is 0 Å². The third-order valence-corrected chi connectivity index (χ3v) is 7.89. The van der Waals surface area contributed by atoms with Crippen molar-refractivity contribution < 1.29 is 4.42 Å². The standard InChI is InChI=1S/C26H34N2O/c1-12-13(2)16(5)25-22(14(12)3)23-18(7)24(15(4)17(6)26(23)29-25)28-20(9)19(8)27(11)21(28)10/h21H,1-11H3/t21-/m1/s1. The fourth-order valence-electron chi connectivity index (χ4n) is 5.22. The summed E-state index contributed by atoms with van der Waals surface area (Å²) in [7, 11) is 2.19. The average molecular weight is 391 g/mol. The fraction of sp³-hybridized carbons (Fsp3) is 0.462. The van der Waals surface area contributed by atoms with E-state index in [1.807, 2.05) is 0 Å². The van der Waals surface area contributed by atoms with Crippen LogP contribution in [-0.4, -0.2) is 18.1 Å². The summed E-state index contributed by atoms with van der Waals surface area (Å²) in [4.78, 5) is 4.87. The predicted molar refractivity (Wildman–Crippen MR) is 125 cm³/mol. The third kappa shape index (κ3) is 2.36. The Morgan fingerprint density at radius 2 is 1.07 bits per heavy atom. The Bertz CT molecular complexity index is 1230. The van der Waals surface area contributed by atoms with Gasteiger partial charge < -0.3 is 14.2 Å². The zero-order valence-electron chi connectivity index (χ0n) is 19.9. The number of fused-ring (bicyclic) bond motifs is 3. The van der Waals surface area contributed by atoms with Gasteiger partial charge in [-0.05, 0) is 108 Å². The lowest BCUT2D eigenvalue weighted by atomic mass is 9.91. The molecule has 2 heterocycles. The van der Waals surface area contributed by atoms with E-state index in [-0.39, 0.29) is 0 Å². The van der Waals surface area contributed by atoms with E-state index in [0.717, 1.165) is 11.2 Å². The molecule has 0 radical (unpaired) electrons. The molecule has 0 spiro atoms. The maximum atomic E-state index is 6.56. The van der Waals surface area contributed by atoms with Gasteiger partial charge in [-0.25, -0.2) is 0 Å². The van der Waals surface area contributed by atoms with Crippen LogP contribution >= 0.6 is 0 Å². The molecule has 29 heavy (non-hydrogen) atoms. The third-order valence-electron chi connectivity index (χ3n) is 7.89. The number of aryl methyl sites for hydroxylation is 4. The monoisotopic (exact) mass is 390 g/mol. The quantitative estimate of drug-likeness (QED) is 0.442. The second-order valence-corrected chi connectivity index (χ2v) is 9.02. The van der Waals surface area contributed by atoms with Crippen molar-refractivity contribution >= 4 is 27.6 Å². The molecule has 0 N–H and O–H groups in total. The number of furan rings is 1. The Labute approximate surface area is 175 Å². The van der Waals surface area contributed by atoms with Gasteiger partial charge in [-0.2, -0.15) is 0 Å². The molecule has 3 nitrogen and oxygen atoms in total. The van der Waals surface area contributed by atoms with Crippen molar-refractivity contribution in [1.29, 1.82) is 0 Å². The van der Waals surface area contributed by atoms with Crippen LogP contribution in [-0.2, 0) is 0 Å². The van der Waals surface area contributed by atoms with Gasteiger partial charge in [0.05, 0.1) is 0 Å². The summed E-state index contributed by atoms with van der Waals surface area (Å²) < 4.78 is 6.56. The van der Waals surface area contributed by atoms with Crippen LogP contribution in [0.5, 0.6) is 0 Å². The van der Waals surface area contributed by atoms with Crippen LogP contribution in [0, 0.1) is 48.5 Å². The smallest absolute Gasteiger partial charge is 0.139 e. The van der Waals surface area contributed by atoms with E-state index in [0.29, 0.717) is 6.17 Å². The minimum absolute atomic E-state index is 0.300. The van der Waals surface area contributed by atoms with Gasteiger partial charge in [-0.3, -0.25) is 0 Å². The van der Waals surface area contributed by atoms with E-state index in [4.69, 9.17) is 4.42 Å². The first-order chi connectivity index (χ1) is 13.5. The molecular weight excluding hydrogens is 356 g/mol. The number of rotatable bonds is 1. The molecule has 3 aromatic rings. The summed E-state index contributed by atoms with van der Waals surface area (Å²) in [6.45, 7) is 22.4. The van der Waals surface area contributed by atoms with Gasteiger partial charge in [0, 0.05) is 34.9 Å². The lowest BCUT2D eigenvalue weighted by Gasteiger charge is -2.32. The van der Waals surface area contributed by atoms with Gasteiger partial charge in [0.25, 0.3) is 0 Å². The second-order valence-electron chi connectivity index (χ2n) is 9.02. The van der Waals surface area contributed by atoms with Crippen LogP contribution in [0.2, 0.25) is 0 Å². The molecule has 1 aliphatic heterocycles. The first-order valence-corrected chi connectivity index (χ1v) is 10.6. The Kier molecular flexibility index (Phi) is 4.31. The van der Waals surface area contributed by atoms with Crippen LogP contribution < -0.4 is 4.90 Å². The van der Waals surface area contributed by atoms with E-state index in [9.17, 15) is 0 Å². The Morgan fingerprint density at radius 3 is 1.59 bits per heavy atom. The largest absolute Gasteiger partial charge is 0.455 e. The molecule has 3 heteroatoms. The lowest BCUT2D eigenvalue weighted by Crippen LogP contribution is -2.36. The van der Waals surface area contributed by atoms with Crippen molar-refractivity contribution in [3.63, 3.8) is 0 Å². The summed E-state index contributed by atoms with van der Waals surface area (Å²) in [5.74, 6) is 0. The number of allylic oxidation sites excluding steroid dienone is 2. The first-order valence-electron chi connectivity index (χ1n) is 10.6. The molecular formula is C26H34N2O. The molecule has 0 unspecified atom stereocenters. The Morgan fingerprint density at radius 1 is 0.586 bits per heavy atom. The number of hydrogen-bond acceptors (Lipinski definition) is 3. The number of benzene rings is 2. The van der Waals surface area contributed by atoms with Gasteiger partial charge in [-0.15, -0.1) is 0 Å². The SMILES string of the molecule is CC1=C(C)N(c2c(C)c(C)c3oc4c(C)c(C)c(C)c(C)c4c3c2C)[C@H](C)N1C. The second kappa shape index (κ2) is 6.29. The molecule has 2 aromatic carbocycles. The molecule has 0 saturated carbocycles. The molecule has 0 amide bonds. The van der Waals surface area contributed by atoms with Gasteiger partial charge in [-0.1, -0.05) is 0 Å². The average Bonchev–Trinajstić information content (AvgIpc) is 3.18. The van der Waals surface area contributed by atoms with Gasteiger partial charge in [0.15, 0.2) is 0 Å². The molecule has 1 aliphatic rings. The first kappa shape index (κ1) is 19.9. The van der Waals surface area contributed by atoms with E-state index < -0.39 is 0 Å². The van der Waals surface area contributed by atoms with Crippen LogP contribution in [0.25, 0.3) is 21.9 Å². The molecule has 4 rings (SSSR count). The summed E-state index contributed by atoms with van der Waals surface area (Å²) in [6.07, 6.45) is 0.300. The van der Waals surface area contributed by atoms with E-state index in [1.54, 1.807) is 0 Å². The van der Waals surface area contributed by atoms with Gasteiger partial charge in [0.1, 0.15) is 17.3 Å². The Hall–Kier alpha value is -2.42. The highest BCUT2D eigenvalue weighted by molar-refractivity contribution is 6.13. The highest BCUT2D eigenvalue weighted by Crippen LogP contribution is 2.46. The molecule has 0 saturated heterocycles. The number of nitrogens with zero attached hydrogens (tertiary/aromatic N) is 2. The van der Waals surface area contributed by atoms with E-state index >= 15 is 0 Å². The van der Waals surface area contributed by atoms with Crippen LogP contribution in [0.1, 0.15) is 59.7 Å². The Balaban J connectivity index is 2.19. The van der Waals surface area contributed by atoms with Crippen LogP contribution in [0.3, 0.4) is 0 Å². The van der Waals surface area contributed by atoms with E-state index in [2.05, 4.69) is 86.1 Å². The summed E-state index contributed by atoms with van der Waals surface area (Å²) in [5.41, 5.74) is 15.3. The summed E-state index contributed by atoms with van der Waals surface area (Å²) >= 11 is 0. The highest BCUT2D eigenvalue weighted by Gasteiger charge is 2.33.